The Morgan fingerprint density at radius 3 is 1.10 bits per heavy atom. The molecule has 4 aliphatic rings. The Hall–Kier alpha value is -5.56. The third-order valence-corrected chi connectivity index (χ3v) is 12.0. The smallest absolute Gasteiger partial charge is 0.326 e. The van der Waals surface area contributed by atoms with E-state index in [1.165, 1.54) is 0 Å². The molecule has 7 nitrogen and oxygen atoms in total. The minimum atomic E-state index is -1.85. The number of carbonyl (C=O) groups excluding carboxylic acids is 2. The van der Waals surface area contributed by atoms with Gasteiger partial charge in [0.1, 0.15) is 10.8 Å². The number of fused-ring (bicyclic) bond motifs is 4. The van der Waals surface area contributed by atoms with E-state index < -0.39 is 69.2 Å². The predicted octanol–water partition coefficient (Wildman–Crippen LogP) is 6.39. The molecule has 244 valence electrons. The van der Waals surface area contributed by atoms with Gasteiger partial charge in [0.05, 0.1) is 11.8 Å². The van der Waals surface area contributed by atoms with E-state index in [1.807, 2.05) is 85.0 Å². The largest absolute Gasteiger partial charge is 0.481 e. The Morgan fingerprint density at radius 1 is 0.490 bits per heavy atom. The van der Waals surface area contributed by atoms with Gasteiger partial charge in [-0.05, 0) is 46.9 Å². The van der Waals surface area contributed by atoms with Crippen LogP contribution in [0.5, 0.6) is 0 Å². The van der Waals surface area contributed by atoms with Gasteiger partial charge in [-0.25, -0.2) is 0 Å². The number of carboxylic acids is 2. The number of carboxylic acid groups (broad SMARTS) is 2. The van der Waals surface area contributed by atoms with Gasteiger partial charge in [0, 0.05) is 10.8 Å². The van der Waals surface area contributed by atoms with E-state index >= 15 is 9.59 Å². The van der Waals surface area contributed by atoms with E-state index in [0.717, 1.165) is 11.1 Å². The summed E-state index contributed by atoms with van der Waals surface area (Å²) in [5.41, 5.74) is -3.70. The maximum atomic E-state index is 15.4. The van der Waals surface area contributed by atoms with Crippen LogP contribution in [-0.2, 0) is 45.6 Å². The number of rotatable bonds is 8. The molecule has 0 heterocycles. The number of esters is 2. The number of ether oxygens (including phenoxy) is 1. The van der Waals surface area contributed by atoms with Crippen molar-refractivity contribution in [3.63, 3.8) is 0 Å². The van der Waals surface area contributed by atoms with Gasteiger partial charge in [-0.15, -0.1) is 0 Å². The van der Waals surface area contributed by atoms with Crippen molar-refractivity contribution in [1.82, 2.24) is 0 Å². The summed E-state index contributed by atoms with van der Waals surface area (Å²) in [6, 6.07) is 36.0. The summed E-state index contributed by atoms with van der Waals surface area (Å²) in [5, 5.41) is 21.8. The lowest BCUT2D eigenvalue weighted by Crippen LogP contribution is -2.61. The van der Waals surface area contributed by atoms with Gasteiger partial charge >= 0.3 is 23.9 Å². The lowest BCUT2D eigenvalue weighted by atomic mass is 9.54. The summed E-state index contributed by atoms with van der Waals surface area (Å²) in [6.07, 6.45) is 8.19. The third kappa shape index (κ3) is 3.84. The molecular weight excluding hydrogens is 616 g/mol. The molecule has 0 aliphatic heterocycles. The van der Waals surface area contributed by atoms with Crippen molar-refractivity contribution in [1.29, 1.82) is 0 Å². The van der Waals surface area contributed by atoms with E-state index in [-0.39, 0.29) is 0 Å². The van der Waals surface area contributed by atoms with Gasteiger partial charge in [0.15, 0.2) is 0 Å². The average Bonchev–Trinajstić information content (AvgIpc) is 3.91. The number of carbonyl (C=O) groups is 4. The number of allylic oxidation sites excluding steroid dienone is 4. The molecule has 49 heavy (non-hydrogen) atoms. The second kappa shape index (κ2) is 11.0. The van der Waals surface area contributed by atoms with Gasteiger partial charge in [-0.2, -0.15) is 0 Å². The normalized spacial score (nSPS) is 33.4. The third-order valence-electron chi connectivity index (χ3n) is 12.0. The summed E-state index contributed by atoms with van der Waals surface area (Å²) >= 11 is 0. The molecule has 0 amide bonds. The number of hydrogen-bond donors (Lipinski definition) is 2. The molecule has 4 bridgehead atoms. The number of hydrogen-bond acceptors (Lipinski definition) is 5. The van der Waals surface area contributed by atoms with E-state index in [1.54, 1.807) is 60.7 Å². The van der Waals surface area contributed by atoms with Crippen molar-refractivity contribution in [2.45, 2.75) is 34.5 Å². The van der Waals surface area contributed by atoms with Crippen molar-refractivity contribution in [2.75, 3.05) is 0 Å². The zero-order valence-electron chi connectivity index (χ0n) is 26.5. The Labute approximate surface area is 283 Å². The van der Waals surface area contributed by atoms with Crippen molar-refractivity contribution >= 4 is 23.9 Å². The molecule has 0 aromatic heterocycles. The van der Waals surface area contributed by atoms with Crippen LogP contribution in [0.15, 0.2) is 146 Å². The first-order valence-electron chi connectivity index (χ1n) is 16.6. The van der Waals surface area contributed by atoms with Gasteiger partial charge in [0.2, 0.25) is 0 Å². The van der Waals surface area contributed by atoms with E-state index in [9.17, 15) is 19.8 Å². The zero-order chi connectivity index (χ0) is 34.0. The molecule has 4 aliphatic carbocycles. The lowest BCUT2D eigenvalue weighted by Gasteiger charge is -2.48. The van der Waals surface area contributed by atoms with Crippen molar-refractivity contribution in [2.24, 2.45) is 23.7 Å². The van der Waals surface area contributed by atoms with Crippen LogP contribution in [0.25, 0.3) is 0 Å². The SMILES string of the molecule is O=C(O)C1C2C=CC(c3ccccc3)(C2)C1(C(=O)OC(=O)C1(c2ccccc2)C(C(=O)O)C2C=CC1(c1ccccc1)C2)c1ccccc1. The molecule has 0 radical (unpaired) electrons. The molecule has 0 spiro atoms. The highest BCUT2D eigenvalue weighted by Crippen LogP contribution is 2.68. The topological polar surface area (TPSA) is 118 Å². The summed E-state index contributed by atoms with van der Waals surface area (Å²) in [7, 11) is 0. The molecule has 0 saturated heterocycles. The van der Waals surface area contributed by atoms with E-state index in [0.29, 0.717) is 24.0 Å². The molecule has 4 aromatic carbocycles. The van der Waals surface area contributed by atoms with Crippen molar-refractivity contribution in [3.05, 3.63) is 168 Å². The monoisotopic (exact) mass is 650 g/mol. The van der Waals surface area contributed by atoms with Crippen LogP contribution >= 0.6 is 0 Å². The Bertz CT molecular complexity index is 1880. The number of aliphatic carboxylic acids is 2. The highest BCUT2D eigenvalue weighted by molar-refractivity contribution is 6.04. The molecular formula is C42H34O7. The average molecular weight is 651 g/mol. The summed E-state index contributed by atoms with van der Waals surface area (Å²) < 4.78 is 6.22. The van der Waals surface area contributed by atoms with Crippen LogP contribution in [0.1, 0.15) is 35.1 Å². The predicted molar refractivity (Wildman–Crippen MR) is 180 cm³/mol. The fourth-order valence-electron chi connectivity index (χ4n) is 10.3. The van der Waals surface area contributed by atoms with Crippen LogP contribution in [0, 0.1) is 23.7 Å². The van der Waals surface area contributed by atoms with Gasteiger partial charge < -0.3 is 14.9 Å². The Morgan fingerprint density at radius 2 is 0.796 bits per heavy atom. The van der Waals surface area contributed by atoms with Crippen LogP contribution in [0.4, 0.5) is 0 Å². The quantitative estimate of drug-likeness (QED) is 0.129. The summed E-state index contributed by atoms with van der Waals surface area (Å²) in [6.45, 7) is 0. The minimum Gasteiger partial charge on any atom is -0.481 e. The molecule has 2 fully saturated rings. The zero-order valence-corrected chi connectivity index (χ0v) is 26.5. The maximum absolute atomic E-state index is 15.4. The van der Waals surface area contributed by atoms with E-state index in [2.05, 4.69) is 0 Å². The maximum Gasteiger partial charge on any atom is 0.326 e. The molecule has 2 N–H and O–H groups in total. The molecule has 8 unspecified atom stereocenters. The van der Waals surface area contributed by atoms with Crippen LogP contribution in [-0.4, -0.2) is 34.1 Å². The van der Waals surface area contributed by atoms with Crippen molar-refractivity contribution < 1.29 is 34.1 Å². The highest BCUT2D eigenvalue weighted by Gasteiger charge is 2.76. The first-order chi connectivity index (χ1) is 23.7. The van der Waals surface area contributed by atoms with Crippen LogP contribution in [0.3, 0.4) is 0 Å². The van der Waals surface area contributed by atoms with Crippen LogP contribution in [0.2, 0.25) is 0 Å². The van der Waals surface area contributed by atoms with Gasteiger partial charge in [0.25, 0.3) is 0 Å². The van der Waals surface area contributed by atoms with Crippen molar-refractivity contribution in [3.8, 4) is 0 Å². The molecule has 7 heteroatoms. The first-order valence-corrected chi connectivity index (χ1v) is 16.6. The Balaban J connectivity index is 1.37. The number of benzene rings is 4. The van der Waals surface area contributed by atoms with Crippen LogP contribution < -0.4 is 0 Å². The second-order valence-corrected chi connectivity index (χ2v) is 13.8. The second-order valence-electron chi connectivity index (χ2n) is 13.8. The van der Waals surface area contributed by atoms with Gasteiger partial charge in [-0.3, -0.25) is 19.2 Å². The summed E-state index contributed by atoms with van der Waals surface area (Å²) in [4.78, 5) is 57.5. The Kier molecular flexibility index (Phi) is 6.90. The van der Waals surface area contributed by atoms with Gasteiger partial charge in [-0.1, -0.05) is 146 Å². The standard InChI is InChI=1S/C42H34O7/c43-35(44)33-27-21-23-39(25-27,29-13-5-1-6-14-29)41(33,31-17-9-3-10-18-31)37(47)49-38(48)42(32-19-11-4-12-20-32)34(36(45)46)28-22-24-40(42,26-28)30-15-7-2-8-16-30/h1-24,27-28,33-34H,25-26H2,(H,43,44)(H,45,46). The molecule has 4 aromatic rings. The molecule has 8 atom stereocenters. The highest BCUT2D eigenvalue weighted by atomic mass is 16.6. The lowest BCUT2D eigenvalue weighted by molar-refractivity contribution is -0.177. The molecule has 2 saturated carbocycles. The fourth-order valence-corrected chi connectivity index (χ4v) is 10.3. The molecule has 8 rings (SSSR count). The fraction of sp³-hybridized carbons (Fsp3) is 0.238. The summed E-state index contributed by atoms with van der Waals surface area (Å²) in [5.74, 6) is -7.90. The minimum absolute atomic E-state index is 0.326. The van der Waals surface area contributed by atoms with E-state index in [4.69, 9.17) is 4.74 Å². The first kappa shape index (κ1) is 30.8.